The van der Waals surface area contributed by atoms with Crippen LogP contribution >= 0.6 is 0 Å². The van der Waals surface area contributed by atoms with E-state index in [0.29, 0.717) is 17.5 Å². The Balaban J connectivity index is 1.67. The second kappa shape index (κ2) is 12.8. The number of carboxylic acids is 1. The Kier molecular flexibility index (Phi) is 9.05. The SMILES string of the molecule is COCC(=O)N1C[C@H](NC(=O)c2ccc3ccccc3c2)C(=O)N(CC(=O)N[C@H](C=O)CC(=O)O)c2ccccc21. The fraction of sp³-hybridized carbons (Fsp3) is 0.241. The molecule has 2 atom stereocenters. The highest BCUT2D eigenvalue weighted by Crippen LogP contribution is 2.33. The predicted octanol–water partition coefficient (Wildman–Crippen LogP) is 1.12. The Bertz CT molecular complexity index is 1510. The molecular formula is C29H28N4O8. The molecule has 0 aromatic heterocycles. The third-order valence-corrected chi connectivity index (χ3v) is 6.49. The summed E-state index contributed by atoms with van der Waals surface area (Å²) in [4.78, 5) is 77.9. The molecule has 12 heteroatoms. The summed E-state index contributed by atoms with van der Waals surface area (Å²) in [5.74, 6) is -3.82. The molecule has 0 unspecified atom stereocenters. The van der Waals surface area contributed by atoms with Crippen LogP contribution < -0.4 is 20.4 Å². The summed E-state index contributed by atoms with van der Waals surface area (Å²) in [6.45, 7) is -1.15. The molecule has 0 aliphatic carbocycles. The average Bonchev–Trinajstić information content (AvgIpc) is 3.07. The van der Waals surface area contributed by atoms with Gasteiger partial charge in [0.1, 0.15) is 25.5 Å². The second-order valence-electron chi connectivity index (χ2n) is 9.35. The first-order valence-electron chi connectivity index (χ1n) is 12.7. The number of benzene rings is 3. The zero-order valence-corrected chi connectivity index (χ0v) is 22.1. The van der Waals surface area contributed by atoms with Gasteiger partial charge in [-0.3, -0.25) is 28.9 Å². The number of carbonyl (C=O) groups excluding carboxylic acids is 5. The number of nitrogens with zero attached hydrogens (tertiary/aromatic N) is 2. The van der Waals surface area contributed by atoms with Crippen LogP contribution in [0, 0.1) is 0 Å². The standard InChI is InChI=1S/C29H28N4O8/c1-41-17-26(36)32-14-22(31-28(39)20-11-10-18-6-2-3-7-19(18)12-20)29(40)33(24-9-5-4-8-23(24)32)15-25(35)30-21(16-34)13-27(37)38/h2-12,16,21-22H,13-15,17H2,1H3,(H,30,35)(H,31,39)(H,37,38)/t21-,22-/m0/s1. The molecule has 3 aromatic rings. The van der Waals surface area contributed by atoms with Gasteiger partial charge in [0.25, 0.3) is 17.7 Å². The van der Waals surface area contributed by atoms with E-state index in [1.807, 2.05) is 24.3 Å². The highest BCUT2D eigenvalue weighted by atomic mass is 16.5. The lowest BCUT2D eigenvalue weighted by Crippen LogP contribution is -2.55. The minimum Gasteiger partial charge on any atom is -0.481 e. The number of fused-ring (bicyclic) bond motifs is 2. The van der Waals surface area contributed by atoms with E-state index in [1.54, 1.807) is 36.4 Å². The Labute approximate surface area is 234 Å². The Morgan fingerprint density at radius 2 is 1.71 bits per heavy atom. The summed E-state index contributed by atoms with van der Waals surface area (Å²) < 4.78 is 5.02. The molecule has 4 amide bonds. The van der Waals surface area contributed by atoms with Gasteiger partial charge in [0, 0.05) is 12.7 Å². The molecule has 1 heterocycles. The number of rotatable bonds is 10. The van der Waals surface area contributed by atoms with Gasteiger partial charge in [-0.05, 0) is 35.0 Å². The van der Waals surface area contributed by atoms with Gasteiger partial charge in [-0.1, -0.05) is 42.5 Å². The number of carbonyl (C=O) groups is 6. The molecule has 0 spiro atoms. The van der Waals surface area contributed by atoms with E-state index >= 15 is 0 Å². The van der Waals surface area contributed by atoms with Gasteiger partial charge < -0.3 is 30.2 Å². The molecule has 1 aliphatic heterocycles. The van der Waals surface area contributed by atoms with Crippen molar-refractivity contribution in [3.8, 4) is 0 Å². The van der Waals surface area contributed by atoms with Crippen LogP contribution in [0.15, 0.2) is 66.7 Å². The van der Waals surface area contributed by atoms with Crippen LogP contribution in [-0.2, 0) is 28.7 Å². The summed E-state index contributed by atoms with van der Waals surface area (Å²) in [7, 11) is 1.35. The molecule has 0 fully saturated rings. The number of amides is 4. The highest BCUT2D eigenvalue weighted by molar-refractivity contribution is 6.11. The van der Waals surface area contributed by atoms with Crippen LogP contribution in [0.1, 0.15) is 16.8 Å². The van der Waals surface area contributed by atoms with E-state index in [1.165, 1.54) is 18.1 Å². The lowest BCUT2D eigenvalue weighted by atomic mass is 10.1. The van der Waals surface area contributed by atoms with Crippen molar-refractivity contribution >= 4 is 58.0 Å². The number of carboxylic acid groups (broad SMARTS) is 1. The van der Waals surface area contributed by atoms with Crippen molar-refractivity contribution in [1.82, 2.24) is 10.6 Å². The second-order valence-corrected chi connectivity index (χ2v) is 9.35. The molecule has 0 bridgehead atoms. The summed E-state index contributed by atoms with van der Waals surface area (Å²) in [6, 6.07) is 16.4. The van der Waals surface area contributed by atoms with Crippen LogP contribution in [0.3, 0.4) is 0 Å². The van der Waals surface area contributed by atoms with E-state index in [4.69, 9.17) is 9.84 Å². The fourth-order valence-corrected chi connectivity index (χ4v) is 4.58. The molecule has 0 radical (unpaired) electrons. The van der Waals surface area contributed by atoms with Gasteiger partial charge >= 0.3 is 5.97 Å². The molecule has 1 aliphatic rings. The predicted molar refractivity (Wildman–Crippen MR) is 148 cm³/mol. The maximum atomic E-state index is 13.9. The molecule has 212 valence electrons. The van der Waals surface area contributed by atoms with Crippen molar-refractivity contribution in [2.24, 2.45) is 0 Å². The number of hydrogen-bond acceptors (Lipinski definition) is 7. The van der Waals surface area contributed by atoms with Crippen LogP contribution in [-0.4, -0.2) is 79.9 Å². The first-order chi connectivity index (χ1) is 19.7. The molecule has 3 aromatic carbocycles. The molecule has 3 N–H and O–H groups in total. The number of anilines is 2. The fourth-order valence-electron chi connectivity index (χ4n) is 4.58. The summed E-state index contributed by atoms with van der Waals surface area (Å²) in [5, 5.41) is 15.7. The van der Waals surface area contributed by atoms with Gasteiger partial charge in [0.2, 0.25) is 5.91 Å². The topological polar surface area (TPSA) is 162 Å². The van der Waals surface area contributed by atoms with E-state index in [2.05, 4.69) is 10.6 Å². The van der Waals surface area contributed by atoms with Crippen LogP contribution in [0.25, 0.3) is 10.8 Å². The lowest BCUT2D eigenvalue weighted by molar-refractivity contribution is -0.139. The smallest absolute Gasteiger partial charge is 0.305 e. The minimum atomic E-state index is -1.31. The average molecular weight is 561 g/mol. The van der Waals surface area contributed by atoms with E-state index < -0.39 is 54.6 Å². The maximum absolute atomic E-state index is 13.9. The number of ether oxygens (including phenoxy) is 1. The monoisotopic (exact) mass is 560 g/mol. The molecule has 0 saturated carbocycles. The summed E-state index contributed by atoms with van der Waals surface area (Å²) in [6.07, 6.45) is -0.342. The first-order valence-corrected chi connectivity index (χ1v) is 12.7. The normalized spacial score (nSPS) is 15.4. The lowest BCUT2D eigenvalue weighted by Gasteiger charge is -2.25. The number of hydrogen-bond donors (Lipinski definition) is 3. The van der Waals surface area contributed by atoms with Crippen LogP contribution in [0.4, 0.5) is 11.4 Å². The molecule has 41 heavy (non-hydrogen) atoms. The van der Waals surface area contributed by atoms with Gasteiger partial charge in [0.15, 0.2) is 0 Å². The van der Waals surface area contributed by atoms with Crippen LogP contribution in [0.2, 0.25) is 0 Å². The molecular weight excluding hydrogens is 532 g/mol. The number of para-hydroxylation sites is 2. The van der Waals surface area contributed by atoms with Crippen molar-refractivity contribution in [2.45, 2.75) is 18.5 Å². The zero-order valence-electron chi connectivity index (χ0n) is 22.1. The van der Waals surface area contributed by atoms with Gasteiger partial charge in [-0.2, -0.15) is 0 Å². The minimum absolute atomic E-state index is 0.209. The van der Waals surface area contributed by atoms with Crippen molar-refractivity contribution in [3.63, 3.8) is 0 Å². The van der Waals surface area contributed by atoms with Crippen molar-refractivity contribution < 1.29 is 38.6 Å². The van der Waals surface area contributed by atoms with Gasteiger partial charge in [-0.15, -0.1) is 0 Å². The highest BCUT2D eigenvalue weighted by Gasteiger charge is 2.38. The third kappa shape index (κ3) is 6.73. The van der Waals surface area contributed by atoms with Crippen LogP contribution in [0.5, 0.6) is 0 Å². The number of aldehydes is 1. The Hall–Kier alpha value is -5.10. The van der Waals surface area contributed by atoms with E-state index in [9.17, 15) is 28.8 Å². The summed E-state index contributed by atoms with van der Waals surface area (Å²) in [5.41, 5.74) is 0.802. The third-order valence-electron chi connectivity index (χ3n) is 6.49. The van der Waals surface area contributed by atoms with E-state index in [0.717, 1.165) is 15.7 Å². The number of aliphatic carboxylic acids is 1. The van der Waals surface area contributed by atoms with E-state index in [-0.39, 0.29) is 18.8 Å². The largest absolute Gasteiger partial charge is 0.481 e. The molecule has 4 rings (SSSR count). The van der Waals surface area contributed by atoms with Gasteiger partial charge in [-0.25, -0.2) is 0 Å². The quantitative estimate of drug-likeness (QED) is 0.311. The van der Waals surface area contributed by atoms with Crippen molar-refractivity contribution in [1.29, 1.82) is 0 Å². The molecule has 0 saturated heterocycles. The van der Waals surface area contributed by atoms with Gasteiger partial charge in [0.05, 0.1) is 30.4 Å². The Morgan fingerprint density at radius 1 is 1.02 bits per heavy atom. The number of nitrogens with one attached hydrogen (secondary N) is 2. The maximum Gasteiger partial charge on any atom is 0.305 e. The molecule has 12 nitrogen and oxygen atoms in total. The summed E-state index contributed by atoms with van der Waals surface area (Å²) >= 11 is 0. The Morgan fingerprint density at radius 3 is 2.39 bits per heavy atom. The van der Waals surface area contributed by atoms with Crippen molar-refractivity contribution in [2.75, 3.05) is 36.6 Å². The number of methoxy groups -OCH3 is 1. The zero-order chi connectivity index (χ0) is 29.5. The van der Waals surface area contributed by atoms with Crippen molar-refractivity contribution in [3.05, 3.63) is 72.3 Å². The first kappa shape index (κ1) is 28.9.